The van der Waals surface area contributed by atoms with Crippen molar-refractivity contribution >= 4 is 15.9 Å². The summed E-state index contributed by atoms with van der Waals surface area (Å²) in [6.45, 7) is 1.82. The number of hydroxylamine groups is 1. The summed E-state index contributed by atoms with van der Waals surface area (Å²) in [4.78, 5) is 26.0. The number of amides is 1. The second-order valence-corrected chi connectivity index (χ2v) is 10.5. The molecule has 0 aliphatic carbocycles. The summed E-state index contributed by atoms with van der Waals surface area (Å²) in [5, 5.41) is 12.4. The van der Waals surface area contributed by atoms with Gasteiger partial charge in [-0.05, 0) is 55.0 Å². The Balaban J connectivity index is 1.50. The highest BCUT2D eigenvalue weighted by atomic mass is 32.2. The van der Waals surface area contributed by atoms with Crippen LogP contribution in [0.2, 0.25) is 0 Å². The predicted molar refractivity (Wildman–Crippen MR) is 134 cm³/mol. The Hall–Kier alpha value is -4.19. The molecule has 1 aromatic heterocycles. The van der Waals surface area contributed by atoms with Gasteiger partial charge in [-0.3, -0.25) is 19.9 Å². The largest absolute Gasteiger partial charge is 0.457 e. The van der Waals surface area contributed by atoms with Crippen molar-refractivity contribution in [3.05, 3.63) is 106 Å². The van der Waals surface area contributed by atoms with E-state index in [0.717, 1.165) is 9.87 Å². The van der Waals surface area contributed by atoms with Crippen molar-refractivity contribution < 1.29 is 23.2 Å². The van der Waals surface area contributed by atoms with Gasteiger partial charge < -0.3 is 4.74 Å². The van der Waals surface area contributed by atoms with Crippen molar-refractivity contribution in [3.8, 4) is 17.2 Å². The van der Waals surface area contributed by atoms with E-state index in [9.17, 15) is 23.2 Å². The average molecular weight is 521 g/mol. The van der Waals surface area contributed by atoms with Gasteiger partial charge in [0.1, 0.15) is 17.5 Å². The Morgan fingerprint density at radius 2 is 1.70 bits per heavy atom. The fourth-order valence-electron chi connectivity index (χ4n) is 4.42. The lowest BCUT2D eigenvalue weighted by atomic mass is 10.0. The van der Waals surface area contributed by atoms with Crippen LogP contribution in [0.1, 0.15) is 22.9 Å². The minimum Gasteiger partial charge on any atom is -0.457 e. The predicted octanol–water partition coefficient (Wildman–Crippen LogP) is 3.06. The fraction of sp³-hybridized carbons (Fsp3) is 0.154. The molecule has 4 aromatic rings. The molecule has 0 saturated carbocycles. The maximum absolute atomic E-state index is 13.6. The molecule has 0 fully saturated rings. The molecule has 0 saturated heterocycles. The van der Waals surface area contributed by atoms with Gasteiger partial charge in [-0.25, -0.2) is 18.6 Å². The second-order valence-electron chi connectivity index (χ2n) is 8.56. The zero-order valence-corrected chi connectivity index (χ0v) is 20.6. The number of fused-ring (bicyclic) bond motifs is 1. The molecule has 1 aliphatic rings. The first kappa shape index (κ1) is 24.5. The second kappa shape index (κ2) is 9.69. The molecule has 1 aliphatic heterocycles. The standard InChI is InChI=1S/C26H24N4O6S/c1-17-7-5-6-10-22(17)36-19-11-13-20(14-12-19)37(34,35)29-16-15-21-23(24(29)25(31)28-33)26(32)30(27-21)18-8-3-2-4-9-18/h2-14,24,27,33H,15-16H2,1H3,(H,28,31). The lowest BCUT2D eigenvalue weighted by Gasteiger charge is -2.32. The number of aromatic nitrogens is 2. The van der Waals surface area contributed by atoms with Gasteiger partial charge in [-0.2, -0.15) is 4.31 Å². The van der Waals surface area contributed by atoms with Crippen molar-refractivity contribution in [2.24, 2.45) is 0 Å². The normalized spacial score (nSPS) is 15.7. The van der Waals surface area contributed by atoms with Gasteiger partial charge in [-0.1, -0.05) is 36.4 Å². The van der Waals surface area contributed by atoms with Crippen LogP contribution >= 0.6 is 0 Å². The third-order valence-corrected chi connectivity index (χ3v) is 8.15. The van der Waals surface area contributed by atoms with Crippen molar-refractivity contribution in [2.45, 2.75) is 24.3 Å². The lowest BCUT2D eigenvalue weighted by Crippen LogP contribution is -2.48. The van der Waals surface area contributed by atoms with E-state index in [2.05, 4.69) is 5.10 Å². The first-order chi connectivity index (χ1) is 17.8. The van der Waals surface area contributed by atoms with Gasteiger partial charge in [0.2, 0.25) is 10.0 Å². The van der Waals surface area contributed by atoms with Gasteiger partial charge in [0.25, 0.3) is 11.5 Å². The molecular weight excluding hydrogens is 496 g/mol. The van der Waals surface area contributed by atoms with Gasteiger partial charge in [-0.15, -0.1) is 0 Å². The average Bonchev–Trinajstić information content (AvgIpc) is 3.26. The molecule has 3 N–H and O–H groups in total. The summed E-state index contributed by atoms with van der Waals surface area (Å²) < 4.78 is 35.3. The summed E-state index contributed by atoms with van der Waals surface area (Å²) in [5.41, 5.74) is 2.79. The quantitative estimate of drug-likeness (QED) is 0.264. The van der Waals surface area contributed by atoms with E-state index in [1.54, 1.807) is 30.3 Å². The van der Waals surface area contributed by atoms with Crippen LogP contribution in [0.15, 0.2) is 88.6 Å². The van der Waals surface area contributed by atoms with Crippen LogP contribution in [-0.2, 0) is 21.2 Å². The summed E-state index contributed by atoms with van der Waals surface area (Å²) >= 11 is 0. The van der Waals surface area contributed by atoms with Crippen molar-refractivity contribution in [1.82, 2.24) is 19.6 Å². The van der Waals surface area contributed by atoms with E-state index in [0.29, 0.717) is 22.9 Å². The zero-order chi connectivity index (χ0) is 26.2. The number of carbonyl (C=O) groups excluding carboxylic acids is 1. The van der Waals surface area contributed by atoms with Crippen molar-refractivity contribution in [3.63, 3.8) is 0 Å². The van der Waals surface area contributed by atoms with Gasteiger partial charge >= 0.3 is 0 Å². The topological polar surface area (TPSA) is 134 Å². The molecule has 0 radical (unpaired) electrons. The molecule has 10 nitrogen and oxygen atoms in total. The third-order valence-electron chi connectivity index (χ3n) is 6.27. The Bertz CT molecular complexity index is 1610. The van der Waals surface area contributed by atoms with Crippen molar-refractivity contribution in [1.29, 1.82) is 0 Å². The van der Waals surface area contributed by atoms with Crippen LogP contribution in [0.3, 0.4) is 0 Å². The van der Waals surface area contributed by atoms with Crippen LogP contribution in [-0.4, -0.2) is 40.2 Å². The number of para-hydroxylation sites is 2. The number of nitrogens with zero attached hydrogens (tertiary/aromatic N) is 2. The van der Waals surface area contributed by atoms with Gasteiger partial charge in [0.05, 0.1) is 16.1 Å². The molecule has 11 heteroatoms. The molecule has 1 unspecified atom stereocenters. The first-order valence-corrected chi connectivity index (χ1v) is 12.9. The SMILES string of the molecule is Cc1ccccc1Oc1ccc(S(=O)(=O)N2CCc3[nH]n(-c4ccccc4)c(=O)c3C2C(=O)NO)cc1. The van der Waals surface area contributed by atoms with E-state index in [4.69, 9.17) is 4.74 Å². The van der Waals surface area contributed by atoms with E-state index in [-0.39, 0.29) is 23.4 Å². The van der Waals surface area contributed by atoms with E-state index in [1.807, 2.05) is 31.2 Å². The number of hydrogen-bond donors (Lipinski definition) is 3. The zero-order valence-electron chi connectivity index (χ0n) is 19.8. The summed E-state index contributed by atoms with van der Waals surface area (Å²) in [6, 6.07) is 20.4. The highest BCUT2D eigenvalue weighted by Crippen LogP contribution is 2.34. The van der Waals surface area contributed by atoms with Crippen molar-refractivity contribution in [2.75, 3.05) is 6.54 Å². The van der Waals surface area contributed by atoms with Crippen LogP contribution < -0.4 is 15.8 Å². The minimum absolute atomic E-state index is 0.0373. The molecule has 0 spiro atoms. The maximum Gasteiger partial charge on any atom is 0.276 e. The fourth-order valence-corrected chi connectivity index (χ4v) is 5.98. The first-order valence-electron chi connectivity index (χ1n) is 11.5. The van der Waals surface area contributed by atoms with Crippen LogP contribution in [0, 0.1) is 6.92 Å². The van der Waals surface area contributed by atoms with E-state index < -0.39 is 27.5 Å². The number of rotatable bonds is 6. The monoisotopic (exact) mass is 520 g/mol. The number of carbonyl (C=O) groups is 1. The van der Waals surface area contributed by atoms with E-state index in [1.165, 1.54) is 34.4 Å². The maximum atomic E-state index is 13.6. The number of H-pyrrole nitrogens is 1. The molecule has 3 aromatic carbocycles. The Kier molecular flexibility index (Phi) is 6.42. The molecule has 37 heavy (non-hydrogen) atoms. The molecule has 190 valence electrons. The third kappa shape index (κ3) is 4.44. The number of ether oxygens (including phenoxy) is 1. The van der Waals surface area contributed by atoms with Gasteiger partial charge in [0, 0.05) is 18.7 Å². The van der Waals surface area contributed by atoms with E-state index >= 15 is 0 Å². The Morgan fingerprint density at radius 3 is 2.38 bits per heavy atom. The number of sulfonamides is 1. The lowest BCUT2D eigenvalue weighted by molar-refractivity contribution is -0.133. The summed E-state index contributed by atoms with van der Waals surface area (Å²) in [6.07, 6.45) is 0.174. The molecule has 0 bridgehead atoms. The summed E-state index contributed by atoms with van der Waals surface area (Å²) in [7, 11) is -4.24. The smallest absolute Gasteiger partial charge is 0.276 e. The van der Waals surface area contributed by atoms with Gasteiger partial charge in [0.15, 0.2) is 0 Å². The highest BCUT2D eigenvalue weighted by Gasteiger charge is 2.43. The molecule has 1 amide bonds. The number of aryl methyl sites for hydroxylation is 1. The number of aromatic amines is 1. The number of hydrogen-bond acceptors (Lipinski definition) is 6. The minimum atomic E-state index is -4.24. The van der Waals surface area contributed by atoms with Crippen LogP contribution in [0.5, 0.6) is 11.5 Å². The molecule has 1 atom stereocenters. The Morgan fingerprint density at radius 1 is 1.03 bits per heavy atom. The molecular formula is C26H24N4O6S. The Labute approximate surface area is 212 Å². The summed E-state index contributed by atoms with van der Waals surface area (Å²) in [5.74, 6) is 0.0547. The molecule has 5 rings (SSSR count). The highest BCUT2D eigenvalue weighted by molar-refractivity contribution is 7.89. The number of nitrogens with one attached hydrogen (secondary N) is 2. The number of benzene rings is 3. The molecule has 2 heterocycles. The van der Waals surface area contributed by atoms with Crippen LogP contribution in [0.25, 0.3) is 5.69 Å². The van der Waals surface area contributed by atoms with Crippen LogP contribution in [0.4, 0.5) is 0 Å².